The van der Waals surface area contributed by atoms with E-state index < -0.39 is 0 Å². The molecule has 4 rings (SSSR count). The SMILES string of the molecule is CN=C(NCc1ccc2c(c1)OCCCO2)NC1CCc2nc(COC)nn2C1. The lowest BCUT2D eigenvalue weighted by Crippen LogP contribution is -2.46. The molecule has 0 bridgehead atoms. The zero-order valence-electron chi connectivity index (χ0n) is 17.0. The summed E-state index contributed by atoms with van der Waals surface area (Å²) in [5.41, 5.74) is 1.11. The molecule has 2 aliphatic heterocycles. The highest BCUT2D eigenvalue weighted by molar-refractivity contribution is 5.80. The molecule has 2 N–H and O–H groups in total. The second-order valence-electron chi connectivity index (χ2n) is 7.20. The topological polar surface area (TPSA) is 94.8 Å². The standard InChI is InChI=1S/C20H28N6O3/c1-21-20(22-11-14-4-6-16-17(10-14)29-9-3-8-28-16)23-15-5-7-19-24-18(13-27-2)25-26(19)12-15/h4,6,10,15H,3,5,7-9,11-13H2,1-2H3,(H2,21,22,23). The van der Waals surface area contributed by atoms with E-state index in [0.29, 0.717) is 26.4 Å². The van der Waals surface area contributed by atoms with E-state index in [-0.39, 0.29) is 6.04 Å². The van der Waals surface area contributed by atoms with Crippen LogP contribution < -0.4 is 20.1 Å². The quantitative estimate of drug-likeness (QED) is 0.576. The van der Waals surface area contributed by atoms with Gasteiger partial charge in [0.05, 0.1) is 19.8 Å². The van der Waals surface area contributed by atoms with Gasteiger partial charge in [-0.15, -0.1) is 0 Å². The van der Waals surface area contributed by atoms with Crippen molar-refractivity contribution >= 4 is 5.96 Å². The Balaban J connectivity index is 1.32. The van der Waals surface area contributed by atoms with E-state index in [1.165, 1.54) is 0 Å². The van der Waals surface area contributed by atoms with Crippen LogP contribution >= 0.6 is 0 Å². The third-order valence-corrected chi connectivity index (χ3v) is 5.01. The van der Waals surface area contributed by atoms with Gasteiger partial charge in [0, 0.05) is 39.6 Å². The molecule has 2 aromatic rings. The summed E-state index contributed by atoms with van der Waals surface area (Å²) in [6, 6.07) is 6.29. The Morgan fingerprint density at radius 3 is 3.00 bits per heavy atom. The van der Waals surface area contributed by atoms with Crippen molar-refractivity contribution in [3.8, 4) is 11.5 Å². The van der Waals surface area contributed by atoms with Crippen LogP contribution in [0.1, 0.15) is 30.1 Å². The minimum Gasteiger partial charge on any atom is -0.490 e. The Kier molecular flexibility index (Phi) is 6.14. The molecule has 9 nitrogen and oxygen atoms in total. The number of aromatic nitrogens is 3. The maximum atomic E-state index is 5.77. The van der Waals surface area contributed by atoms with Gasteiger partial charge in [-0.2, -0.15) is 5.10 Å². The van der Waals surface area contributed by atoms with Crippen LogP contribution in [0.15, 0.2) is 23.2 Å². The normalized spacial score (nSPS) is 18.7. The molecule has 0 radical (unpaired) electrons. The highest BCUT2D eigenvalue weighted by Crippen LogP contribution is 2.30. The molecule has 1 unspecified atom stereocenters. The fraction of sp³-hybridized carbons (Fsp3) is 0.550. The first-order chi connectivity index (χ1) is 14.2. The van der Waals surface area contributed by atoms with E-state index in [4.69, 9.17) is 14.2 Å². The van der Waals surface area contributed by atoms with Crippen molar-refractivity contribution < 1.29 is 14.2 Å². The number of methoxy groups -OCH3 is 1. The Hall–Kier alpha value is -2.81. The molecule has 156 valence electrons. The average molecular weight is 400 g/mol. The molecule has 3 heterocycles. The van der Waals surface area contributed by atoms with Gasteiger partial charge in [-0.25, -0.2) is 9.67 Å². The lowest BCUT2D eigenvalue weighted by Gasteiger charge is -2.25. The first kappa shape index (κ1) is 19.5. The molecule has 2 aliphatic rings. The molecule has 0 fully saturated rings. The number of fused-ring (bicyclic) bond motifs is 2. The van der Waals surface area contributed by atoms with E-state index in [1.54, 1.807) is 14.2 Å². The van der Waals surface area contributed by atoms with Crippen LogP contribution in [-0.4, -0.2) is 54.1 Å². The summed E-state index contributed by atoms with van der Waals surface area (Å²) in [5.74, 6) is 4.14. The molecule has 1 aromatic heterocycles. The third-order valence-electron chi connectivity index (χ3n) is 5.01. The number of benzene rings is 1. The summed E-state index contributed by atoms with van der Waals surface area (Å²) in [6.07, 6.45) is 2.77. The predicted octanol–water partition coefficient (Wildman–Crippen LogP) is 1.27. The molecule has 0 amide bonds. The Morgan fingerprint density at radius 2 is 2.17 bits per heavy atom. The molecule has 1 atom stereocenters. The Bertz CT molecular complexity index is 866. The van der Waals surface area contributed by atoms with Gasteiger partial charge in [0.2, 0.25) is 0 Å². The maximum absolute atomic E-state index is 5.77. The van der Waals surface area contributed by atoms with Crippen molar-refractivity contribution in [1.29, 1.82) is 0 Å². The van der Waals surface area contributed by atoms with Gasteiger partial charge in [0.25, 0.3) is 0 Å². The van der Waals surface area contributed by atoms with Crippen LogP contribution in [-0.2, 0) is 30.9 Å². The van der Waals surface area contributed by atoms with Crippen molar-refractivity contribution in [3.63, 3.8) is 0 Å². The highest BCUT2D eigenvalue weighted by atomic mass is 16.5. The van der Waals surface area contributed by atoms with E-state index >= 15 is 0 Å². The largest absolute Gasteiger partial charge is 0.490 e. The molecule has 29 heavy (non-hydrogen) atoms. The molecular weight excluding hydrogens is 372 g/mol. The van der Waals surface area contributed by atoms with Crippen molar-refractivity contribution in [3.05, 3.63) is 35.4 Å². The monoisotopic (exact) mass is 400 g/mol. The lowest BCUT2D eigenvalue weighted by atomic mass is 10.1. The molecule has 0 saturated carbocycles. The fourth-order valence-electron chi connectivity index (χ4n) is 3.56. The maximum Gasteiger partial charge on any atom is 0.191 e. The van der Waals surface area contributed by atoms with E-state index in [2.05, 4.69) is 25.7 Å². The van der Waals surface area contributed by atoms with E-state index in [9.17, 15) is 0 Å². The van der Waals surface area contributed by atoms with Crippen LogP contribution in [0.3, 0.4) is 0 Å². The van der Waals surface area contributed by atoms with Gasteiger partial charge in [-0.1, -0.05) is 6.07 Å². The van der Waals surface area contributed by atoms with Crippen molar-refractivity contribution in [1.82, 2.24) is 25.4 Å². The second kappa shape index (κ2) is 9.13. The molecule has 1 aromatic carbocycles. The number of nitrogens with zero attached hydrogens (tertiary/aromatic N) is 4. The van der Waals surface area contributed by atoms with Crippen molar-refractivity contribution in [2.75, 3.05) is 27.4 Å². The number of hydrogen-bond donors (Lipinski definition) is 2. The van der Waals surface area contributed by atoms with Gasteiger partial charge in [0.1, 0.15) is 12.4 Å². The van der Waals surface area contributed by atoms with Crippen LogP contribution in [0.25, 0.3) is 0 Å². The fourth-order valence-corrected chi connectivity index (χ4v) is 3.56. The average Bonchev–Trinajstić information content (AvgIpc) is 2.98. The zero-order chi connectivity index (χ0) is 20.1. The summed E-state index contributed by atoms with van der Waals surface area (Å²) in [6.45, 7) is 3.23. The first-order valence-electron chi connectivity index (χ1n) is 10.0. The minimum atomic E-state index is 0.245. The first-order valence-corrected chi connectivity index (χ1v) is 10.0. The summed E-state index contributed by atoms with van der Waals surface area (Å²) < 4.78 is 18.6. The van der Waals surface area contributed by atoms with Crippen LogP contribution in [0, 0.1) is 0 Å². The van der Waals surface area contributed by atoms with Gasteiger partial charge in [-0.05, 0) is 24.1 Å². The summed E-state index contributed by atoms with van der Waals surface area (Å²) in [5, 5.41) is 11.4. The number of hydrogen-bond acceptors (Lipinski definition) is 6. The molecule has 0 aliphatic carbocycles. The second-order valence-corrected chi connectivity index (χ2v) is 7.20. The number of aliphatic imine (C=N–C) groups is 1. The summed E-state index contributed by atoms with van der Waals surface area (Å²) in [7, 11) is 3.44. The Morgan fingerprint density at radius 1 is 1.31 bits per heavy atom. The van der Waals surface area contributed by atoms with Crippen molar-refractivity contribution in [2.45, 2.75) is 45.0 Å². The van der Waals surface area contributed by atoms with Gasteiger partial charge in [0.15, 0.2) is 23.3 Å². The number of rotatable bonds is 5. The molecule has 0 saturated heterocycles. The van der Waals surface area contributed by atoms with Crippen LogP contribution in [0.4, 0.5) is 0 Å². The van der Waals surface area contributed by atoms with Gasteiger partial charge >= 0.3 is 0 Å². The van der Waals surface area contributed by atoms with Gasteiger partial charge < -0.3 is 24.8 Å². The molecule has 0 spiro atoms. The minimum absolute atomic E-state index is 0.245. The predicted molar refractivity (Wildman–Crippen MR) is 108 cm³/mol. The third kappa shape index (κ3) is 4.79. The number of aryl methyl sites for hydroxylation is 1. The zero-order valence-corrected chi connectivity index (χ0v) is 17.0. The number of guanidine groups is 1. The summed E-state index contributed by atoms with van der Waals surface area (Å²) in [4.78, 5) is 8.89. The summed E-state index contributed by atoms with van der Waals surface area (Å²) >= 11 is 0. The van der Waals surface area contributed by atoms with E-state index in [0.717, 1.165) is 60.5 Å². The number of nitrogens with one attached hydrogen (secondary N) is 2. The van der Waals surface area contributed by atoms with Gasteiger partial charge in [-0.3, -0.25) is 4.99 Å². The van der Waals surface area contributed by atoms with E-state index in [1.807, 2.05) is 22.9 Å². The lowest BCUT2D eigenvalue weighted by molar-refractivity contribution is 0.177. The molecular formula is C20H28N6O3. The van der Waals surface area contributed by atoms with Crippen molar-refractivity contribution in [2.24, 2.45) is 4.99 Å². The highest BCUT2D eigenvalue weighted by Gasteiger charge is 2.22. The molecule has 9 heteroatoms. The number of ether oxygens (including phenoxy) is 3. The smallest absolute Gasteiger partial charge is 0.191 e. The van der Waals surface area contributed by atoms with Crippen LogP contribution in [0.5, 0.6) is 11.5 Å². The Labute approximate surface area is 170 Å². The van der Waals surface area contributed by atoms with Crippen LogP contribution in [0.2, 0.25) is 0 Å².